The maximum absolute atomic E-state index is 5.14. The van der Waals surface area contributed by atoms with E-state index in [0.717, 1.165) is 50.1 Å². The van der Waals surface area contributed by atoms with Crippen molar-refractivity contribution in [3.63, 3.8) is 0 Å². The molecule has 0 aliphatic heterocycles. The molecule has 206 valence electrons. The molecule has 0 saturated carbocycles. The monoisotopic (exact) mass is 562 g/mol. The van der Waals surface area contributed by atoms with Crippen molar-refractivity contribution in [1.82, 2.24) is 19.1 Å². The highest BCUT2D eigenvalue weighted by atomic mass is 15.0. The van der Waals surface area contributed by atoms with Crippen LogP contribution >= 0.6 is 0 Å². The van der Waals surface area contributed by atoms with Gasteiger partial charge in [0.1, 0.15) is 0 Å². The predicted octanol–water partition coefficient (Wildman–Crippen LogP) is 10.0. The summed E-state index contributed by atoms with van der Waals surface area (Å²) in [7, 11) is 0. The van der Waals surface area contributed by atoms with Gasteiger partial charge in [0.05, 0.1) is 27.8 Å². The Balaban J connectivity index is 1.29. The van der Waals surface area contributed by atoms with Gasteiger partial charge in [-0.05, 0) is 48.5 Å². The zero-order valence-corrected chi connectivity index (χ0v) is 23.8. The van der Waals surface area contributed by atoms with E-state index < -0.39 is 0 Å². The molecule has 0 spiro atoms. The van der Waals surface area contributed by atoms with Crippen molar-refractivity contribution >= 4 is 43.6 Å². The van der Waals surface area contributed by atoms with Gasteiger partial charge in [-0.3, -0.25) is 0 Å². The summed E-state index contributed by atoms with van der Waals surface area (Å²) in [6, 6.07) is 53.2. The van der Waals surface area contributed by atoms with Gasteiger partial charge in [0.15, 0.2) is 5.82 Å². The summed E-state index contributed by atoms with van der Waals surface area (Å²) in [6.07, 6.45) is 2.17. The van der Waals surface area contributed by atoms with Crippen molar-refractivity contribution in [3.8, 4) is 34.0 Å². The second-order valence-corrected chi connectivity index (χ2v) is 11.1. The Hall–Kier alpha value is -6.00. The van der Waals surface area contributed by atoms with Gasteiger partial charge in [-0.15, -0.1) is 0 Å². The first-order valence-corrected chi connectivity index (χ1v) is 14.9. The summed E-state index contributed by atoms with van der Waals surface area (Å²) < 4.78 is 4.67. The van der Waals surface area contributed by atoms with E-state index in [1.54, 1.807) is 0 Å². The van der Waals surface area contributed by atoms with Crippen molar-refractivity contribution in [2.45, 2.75) is 0 Å². The van der Waals surface area contributed by atoms with Crippen LogP contribution in [0.25, 0.3) is 77.6 Å². The average molecular weight is 563 g/mol. The molecular formula is C40H26N4. The first kappa shape index (κ1) is 24.6. The summed E-state index contributed by atoms with van der Waals surface area (Å²) in [5, 5.41) is 4.73. The average Bonchev–Trinajstić information content (AvgIpc) is 3.68. The van der Waals surface area contributed by atoms with Gasteiger partial charge >= 0.3 is 0 Å². The third-order valence-corrected chi connectivity index (χ3v) is 8.53. The number of para-hydroxylation sites is 3. The molecule has 4 nitrogen and oxygen atoms in total. The second-order valence-electron chi connectivity index (χ2n) is 11.1. The highest BCUT2D eigenvalue weighted by Crippen LogP contribution is 2.39. The lowest BCUT2D eigenvalue weighted by atomic mass is 10.1. The standard InChI is InChI=1S/C40H26N4/c1-3-12-27(13-4-1)38-32-18-7-9-20-34(32)41-40(42-38)29-14-11-17-31(26-29)44-35-21-10-8-19-33(35)37-36(44)23-22-28-24-25-43(39(28)37)30-15-5-2-6-16-30/h1-26H. The third kappa shape index (κ3) is 3.78. The lowest BCUT2D eigenvalue weighted by Gasteiger charge is -2.12. The SMILES string of the molecule is c1ccc(-c2nc(-c3cccc(-n4c5ccccc5c5c6c(ccc54)ccn6-c4ccccc4)c3)nc3ccccc23)cc1. The number of hydrogen-bond donors (Lipinski definition) is 0. The van der Waals surface area contributed by atoms with Crippen LogP contribution in [0.15, 0.2) is 158 Å². The number of hydrogen-bond acceptors (Lipinski definition) is 2. The second kappa shape index (κ2) is 9.79. The summed E-state index contributed by atoms with van der Waals surface area (Å²) in [4.78, 5) is 10.2. The Bertz CT molecular complexity index is 2490. The maximum atomic E-state index is 5.14. The van der Waals surface area contributed by atoms with E-state index in [2.05, 4.69) is 149 Å². The molecule has 0 amide bonds. The number of fused-ring (bicyclic) bond motifs is 6. The van der Waals surface area contributed by atoms with Crippen molar-refractivity contribution in [1.29, 1.82) is 0 Å². The van der Waals surface area contributed by atoms with Crippen LogP contribution in [0.5, 0.6) is 0 Å². The van der Waals surface area contributed by atoms with Gasteiger partial charge in [0.25, 0.3) is 0 Å². The molecule has 44 heavy (non-hydrogen) atoms. The number of rotatable bonds is 4. The molecule has 0 aliphatic carbocycles. The molecule has 0 unspecified atom stereocenters. The molecule has 0 N–H and O–H groups in total. The fourth-order valence-corrected chi connectivity index (χ4v) is 6.57. The zero-order chi connectivity index (χ0) is 29.0. The van der Waals surface area contributed by atoms with E-state index in [-0.39, 0.29) is 0 Å². The van der Waals surface area contributed by atoms with Gasteiger partial charge in [-0.25, -0.2) is 9.97 Å². The van der Waals surface area contributed by atoms with Gasteiger partial charge in [0, 0.05) is 50.2 Å². The largest absolute Gasteiger partial charge is 0.316 e. The van der Waals surface area contributed by atoms with Crippen LogP contribution in [0, 0.1) is 0 Å². The Labute approximate surface area is 254 Å². The van der Waals surface area contributed by atoms with Crippen LogP contribution in [0.1, 0.15) is 0 Å². The lowest BCUT2D eigenvalue weighted by molar-refractivity contribution is 1.13. The number of aromatic nitrogens is 4. The van der Waals surface area contributed by atoms with Crippen LogP contribution in [0.4, 0.5) is 0 Å². The molecule has 0 fully saturated rings. The fourth-order valence-electron chi connectivity index (χ4n) is 6.57. The summed E-state index contributed by atoms with van der Waals surface area (Å²) >= 11 is 0. The Morgan fingerprint density at radius 1 is 0.477 bits per heavy atom. The predicted molar refractivity (Wildman–Crippen MR) is 182 cm³/mol. The van der Waals surface area contributed by atoms with E-state index in [4.69, 9.17) is 9.97 Å². The molecule has 0 aliphatic rings. The molecule has 3 heterocycles. The molecular weight excluding hydrogens is 536 g/mol. The van der Waals surface area contributed by atoms with E-state index in [9.17, 15) is 0 Å². The molecule has 6 aromatic carbocycles. The van der Waals surface area contributed by atoms with Gasteiger partial charge < -0.3 is 9.13 Å². The minimum Gasteiger partial charge on any atom is -0.316 e. The molecule has 9 rings (SSSR count). The fraction of sp³-hybridized carbons (Fsp3) is 0. The van der Waals surface area contributed by atoms with Crippen LogP contribution < -0.4 is 0 Å². The van der Waals surface area contributed by atoms with Gasteiger partial charge in [0.2, 0.25) is 0 Å². The van der Waals surface area contributed by atoms with Crippen LogP contribution in [0.3, 0.4) is 0 Å². The van der Waals surface area contributed by atoms with E-state index in [1.807, 2.05) is 18.2 Å². The normalized spacial score (nSPS) is 11.6. The Morgan fingerprint density at radius 3 is 2.05 bits per heavy atom. The van der Waals surface area contributed by atoms with Crippen LogP contribution in [-0.2, 0) is 0 Å². The number of benzene rings is 6. The molecule has 0 saturated heterocycles. The topological polar surface area (TPSA) is 35.6 Å². The smallest absolute Gasteiger partial charge is 0.160 e. The van der Waals surface area contributed by atoms with Crippen LogP contribution in [-0.4, -0.2) is 19.1 Å². The third-order valence-electron chi connectivity index (χ3n) is 8.53. The molecule has 0 bridgehead atoms. The van der Waals surface area contributed by atoms with E-state index >= 15 is 0 Å². The highest BCUT2D eigenvalue weighted by molar-refractivity contribution is 6.20. The zero-order valence-electron chi connectivity index (χ0n) is 23.8. The Morgan fingerprint density at radius 2 is 1.18 bits per heavy atom. The summed E-state index contributed by atoms with van der Waals surface area (Å²) in [5.74, 6) is 0.713. The highest BCUT2D eigenvalue weighted by Gasteiger charge is 2.18. The minimum atomic E-state index is 0.713. The van der Waals surface area contributed by atoms with Crippen molar-refractivity contribution in [2.75, 3.05) is 0 Å². The van der Waals surface area contributed by atoms with Crippen molar-refractivity contribution in [3.05, 3.63) is 158 Å². The first-order valence-electron chi connectivity index (χ1n) is 14.9. The minimum absolute atomic E-state index is 0.713. The molecule has 3 aromatic heterocycles. The quantitative estimate of drug-likeness (QED) is 0.214. The van der Waals surface area contributed by atoms with Crippen molar-refractivity contribution in [2.24, 2.45) is 0 Å². The molecule has 4 heteroatoms. The maximum Gasteiger partial charge on any atom is 0.160 e. The number of nitrogens with zero attached hydrogens (tertiary/aromatic N) is 4. The molecule has 9 aromatic rings. The lowest BCUT2D eigenvalue weighted by Crippen LogP contribution is -1.98. The first-order chi connectivity index (χ1) is 21.8. The van der Waals surface area contributed by atoms with Gasteiger partial charge in [-0.2, -0.15) is 0 Å². The molecule has 0 radical (unpaired) electrons. The van der Waals surface area contributed by atoms with E-state index in [1.165, 1.54) is 21.7 Å². The summed E-state index contributed by atoms with van der Waals surface area (Å²) in [5.41, 5.74) is 9.70. The molecule has 0 atom stereocenters. The van der Waals surface area contributed by atoms with Crippen LogP contribution in [0.2, 0.25) is 0 Å². The van der Waals surface area contributed by atoms with E-state index in [0.29, 0.717) is 5.82 Å². The van der Waals surface area contributed by atoms with Gasteiger partial charge in [-0.1, -0.05) is 103 Å². The Kier molecular flexibility index (Phi) is 5.47. The van der Waals surface area contributed by atoms with Crippen molar-refractivity contribution < 1.29 is 0 Å². The summed E-state index contributed by atoms with van der Waals surface area (Å²) in [6.45, 7) is 0.